The van der Waals surface area contributed by atoms with E-state index in [-0.39, 0.29) is 10.6 Å². The number of hydrogen-bond donors (Lipinski definition) is 3. The highest BCUT2D eigenvalue weighted by molar-refractivity contribution is 6.17. The van der Waals surface area contributed by atoms with Gasteiger partial charge in [-0.05, 0) is 187 Å². The molecule has 10 unspecified atom stereocenters. The monoisotopic (exact) mass is 727 g/mol. The van der Waals surface area contributed by atoms with Crippen molar-refractivity contribution < 1.29 is 4.92 Å². The van der Waals surface area contributed by atoms with Gasteiger partial charge in [0, 0.05) is 59.6 Å². The second-order valence-electron chi connectivity index (χ2n) is 20.8. The molecule has 3 aromatic rings. The van der Waals surface area contributed by atoms with Crippen molar-refractivity contribution in [2.24, 2.45) is 94.7 Å². The molecule has 7 nitrogen and oxygen atoms in total. The summed E-state index contributed by atoms with van der Waals surface area (Å²) in [5, 5.41) is 15.5. The van der Waals surface area contributed by atoms with E-state index in [0.29, 0.717) is 17.1 Å². The maximum atomic E-state index is 12.1. The third-order valence-corrected chi connectivity index (χ3v) is 19.3. The summed E-state index contributed by atoms with van der Waals surface area (Å²) in [7, 11) is 0. The number of non-ortho nitro benzene ring substituents is 1. The number of fused-ring (bicyclic) bond motifs is 6. The van der Waals surface area contributed by atoms with Crippen molar-refractivity contribution in [3.63, 3.8) is 0 Å². The standard InChI is InChI=1S/C47H61N5O2/c48-26-9-12-36-37(17-26)39(38-18-27(52(53)54)19-40(49)46(38)47(36)50)22-51-20-24-7-10-30-34-15-13-32-28-5-1-3-23-4-2-6-29(42(23)28)33-14-16-35(45(34)44(32)33)31-11-8-25(21-51)41(24)43(30)31/h9,12,17-19,23-25,28-35,41-45H,1-8,10-11,13-16,20-22,48-50H2. The minimum Gasteiger partial charge on any atom is -0.399 e. The number of benzene rings is 3. The van der Waals surface area contributed by atoms with E-state index in [2.05, 4.69) is 4.90 Å². The predicted molar refractivity (Wildman–Crippen MR) is 217 cm³/mol. The molecule has 7 heteroatoms. The Morgan fingerprint density at radius 1 is 0.574 bits per heavy atom. The highest BCUT2D eigenvalue weighted by Gasteiger charge is 2.66. The smallest absolute Gasteiger partial charge is 0.272 e. The summed E-state index contributed by atoms with van der Waals surface area (Å²) in [6.07, 6.45) is 21.3. The summed E-state index contributed by atoms with van der Waals surface area (Å²) in [5.41, 5.74) is 22.5. The average molecular weight is 728 g/mol. The summed E-state index contributed by atoms with van der Waals surface area (Å²) < 4.78 is 0. The molecule has 286 valence electrons. The van der Waals surface area contributed by atoms with E-state index in [1.165, 1.54) is 44.6 Å². The van der Waals surface area contributed by atoms with E-state index in [0.717, 1.165) is 141 Å². The Morgan fingerprint density at radius 2 is 1.11 bits per heavy atom. The van der Waals surface area contributed by atoms with Gasteiger partial charge in [-0.2, -0.15) is 0 Å². The number of nitro groups is 1. The van der Waals surface area contributed by atoms with Crippen LogP contribution in [0.1, 0.15) is 95.5 Å². The van der Waals surface area contributed by atoms with Crippen molar-refractivity contribution in [1.29, 1.82) is 0 Å². The Hall–Kier alpha value is -3.06. The highest BCUT2D eigenvalue weighted by atomic mass is 16.6. The zero-order valence-corrected chi connectivity index (χ0v) is 32.1. The van der Waals surface area contributed by atoms with Crippen molar-refractivity contribution >= 4 is 44.3 Å². The summed E-state index contributed by atoms with van der Waals surface area (Å²) in [5.74, 6) is 15.9. The summed E-state index contributed by atoms with van der Waals surface area (Å²) >= 11 is 0. The van der Waals surface area contributed by atoms with Crippen LogP contribution in [-0.4, -0.2) is 22.9 Å². The maximum Gasteiger partial charge on any atom is 0.272 e. The minimum absolute atomic E-state index is 0.0210. The third kappa shape index (κ3) is 4.51. The van der Waals surface area contributed by atoms with Crippen molar-refractivity contribution in [2.75, 3.05) is 30.3 Å². The molecule has 0 spiro atoms. The molecular weight excluding hydrogens is 667 g/mol. The largest absolute Gasteiger partial charge is 0.399 e. The van der Waals surface area contributed by atoms with Crippen LogP contribution in [0.15, 0.2) is 30.3 Å². The molecule has 9 aliphatic rings. The number of likely N-dealkylation sites (tertiary alicyclic amines) is 1. The fourth-order valence-corrected chi connectivity index (χ4v) is 18.3. The number of nitrogen functional groups attached to an aromatic ring is 3. The third-order valence-electron chi connectivity index (χ3n) is 19.3. The zero-order chi connectivity index (χ0) is 36.1. The Bertz CT molecular complexity index is 1990. The van der Waals surface area contributed by atoms with Crippen LogP contribution in [0.2, 0.25) is 0 Å². The van der Waals surface area contributed by atoms with E-state index in [1.54, 1.807) is 57.4 Å². The number of nitro benzene ring substituents is 1. The van der Waals surface area contributed by atoms with Crippen LogP contribution >= 0.6 is 0 Å². The first-order chi connectivity index (χ1) is 26.3. The second-order valence-corrected chi connectivity index (χ2v) is 20.8. The molecule has 6 N–H and O–H groups in total. The molecule has 10 atom stereocenters. The summed E-state index contributed by atoms with van der Waals surface area (Å²) in [4.78, 5) is 14.4. The van der Waals surface area contributed by atoms with Crippen molar-refractivity contribution in [1.82, 2.24) is 4.90 Å². The molecule has 0 radical (unpaired) electrons. The van der Waals surface area contributed by atoms with Gasteiger partial charge in [0.15, 0.2) is 0 Å². The normalized spacial score (nSPS) is 44.6. The SMILES string of the molecule is Nc1ccc2c(N)c3c(N)cc([N+](=O)[O-])cc3c(CN3CC4CCC5C6CCC7C8CCCC9CCCC(C%10CCC(C%11CCC(C3)C4C5%11)C6C7%10)C98)c2c1. The van der Waals surface area contributed by atoms with Gasteiger partial charge in [0.1, 0.15) is 0 Å². The van der Waals surface area contributed by atoms with Gasteiger partial charge in [-0.3, -0.25) is 15.0 Å². The average Bonchev–Trinajstić information content (AvgIpc) is 3.18. The lowest BCUT2D eigenvalue weighted by atomic mass is 9.34. The van der Waals surface area contributed by atoms with Crippen LogP contribution in [-0.2, 0) is 6.54 Å². The lowest BCUT2D eigenvalue weighted by Gasteiger charge is -2.71. The predicted octanol–water partition coefficient (Wildman–Crippen LogP) is 9.89. The number of nitrogens with two attached hydrogens (primary N) is 3. The molecule has 8 saturated carbocycles. The first-order valence-corrected chi connectivity index (χ1v) is 22.5. The number of nitrogens with zero attached hydrogens (tertiary/aromatic N) is 2. The van der Waals surface area contributed by atoms with Crippen LogP contribution in [0.5, 0.6) is 0 Å². The Balaban J connectivity index is 0.861. The van der Waals surface area contributed by atoms with Crippen LogP contribution in [0.3, 0.4) is 0 Å². The topological polar surface area (TPSA) is 124 Å². The molecule has 0 aromatic heterocycles. The number of rotatable bonds is 3. The molecule has 0 bridgehead atoms. The van der Waals surface area contributed by atoms with Crippen molar-refractivity contribution in [2.45, 2.75) is 96.4 Å². The molecule has 9 fully saturated rings. The number of hydrogen-bond acceptors (Lipinski definition) is 6. The fraction of sp³-hybridized carbons (Fsp3) is 0.702. The van der Waals surface area contributed by atoms with E-state index in [4.69, 9.17) is 17.2 Å². The molecule has 1 aliphatic heterocycles. The first kappa shape index (κ1) is 33.1. The van der Waals surface area contributed by atoms with E-state index in [1.807, 2.05) is 18.2 Å². The van der Waals surface area contributed by atoms with Gasteiger partial charge < -0.3 is 17.2 Å². The maximum absolute atomic E-state index is 12.1. The molecule has 54 heavy (non-hydrogen) atoms. The lowest BCUT2D eigenvalue weighted by Crippen LogP contribution is -2.66. The highest BCUT2D eigenvalue weighted by Crippen LogP contribution is 2.73. The Labute approximate surface area is 320 Å². The first-order valence-electron chi connectivity index (χ1n) is 22.5. The van der Waals surface area contributed by atoms with Gasteiger partial charge in [0.25, 0.3) is 5.69 Å². The second kappa shape index (κ2) is 12.0. The van der Waals surface area contributed by atoms with Crippen LogP contribution < -0.4 is 17.2 Å². The molecule has 0 amide bonds. The number of anilines is 3. The Kier molecular flexibility index (Phi) is 7.34. The Morgan fingerprint density at radius 3 is 1.69 bits per heavy atom. The van der Waals surface area contributed by atoms with Gasteiger partial charge in [-0.1, -0.05) is 31.7 Å². The molecule has 1 heterocycles. The lowest BCUT2D eigenvalue weighted by molar-refractivity contribution is -0.384. The van der Waals surface area contributed by atoms with Gasteiger partial charge in [0.05, 0.1) is 4.92 Å². The van der Waals surface area contributed by atoms with Crippen molar-refractivity contribution in [3.8, 4) is 0 Å². The van der Waals surface area contributed by atoms with Crippen LogP contribution in [0, 0.1) is 105 Å². The van der Waals surface area contributed by atoms with Crippen molar-refractivity contribution in [3.05, 3.63) is 46.0 Å². The molecule has 12 rings (SSSR count). The van der Waals surface area contributed by atoms with Gasteiger partial charge >= 0.3 is 0 Å². The quantitative estimate of drug-likeness (QED) is 0.107. The summed E-state index contributed by atoms with van der Waals surface area (Å²) in [6.45, 7) is 3.01. The van der Waals surface area contributed by atoms with Crippen LogP contribution in [0.25, 0.3) is 21.5 Å². The molecule has 3 aromatic carbocycles. The minimum atomic E-state index is -0.332. The van der Waals surface area contributed by atoms with Crippen LogP contribution in [0.4, 0.5) is 22.7 Å². The fourth-order valence-electron chi connectivity index (χ4n) is 18.3. The van der Waals surface area contributed by atoms with Gasteiger partial charge in [0.2, 0.25) is 0 Å². The van der Waals surface area contributed by atoms with E-state index >= 15 is 0 Å². The molecule has 8 aliphatic carbocycles. The molecule has 1 saturated heterocycles. The van der Waals surface area contributed by atoms with Gasteiger partial charge in [-0.25, -0.2) is 0 Å². The van der Waals surface area contributed by atoms with E-state index < -0.39 is 0 Å². The summed E-state index contributed by atoms with van der Waals surface area (Å²) in [6, 6.07) is 9.10. The molecular formula is C47H61N5O2. The van der Waals surface area contributed by atoms with E-state index in [9.17, 15) is 10.1 Å². The zero-order valence-electron chi connectivity index (χ0n) is 32.1. The van der Waals surface area contributed by atoms with Gasteiger partial charge in [-0.15, -0.1) is 0 Å². The number of piperidine rings is 1.